The van der Waals surface area contributed by atoms with Gasteiger partial charge in [0.25, 0.3) is 0 Å². The zero-order valence-corrected chi connectivity index (χ0v) is 12.7. The van der Waals surface area contributed by atoms with Crippen molar-refractivity contribution in [3.05, 3.63) is 35.9 Å². The van der Waals surface area contributed by atoms with Crippen molar-refractivity contribution in [2.75, 3.05) is 26.7 Å². The van der Waals surface area contributed by atoms with E-state index in [9.17, 15) is 0 Å². The molecule has 0 heterocycles. The van der Waals surface area contributed by atoms with Gasteiger partial charge < -0.3 is 10.5 Å². The molecule has 2 atom stereocenters. The van der Waals surface area contributed by atoms with E-state index >= 15 is 0 Å². The molecule has 0 saturated carbocycles. The highest BCUT2D eigenvalue weighted by Crippen LogP contribution is 2.21. The van der Waals surface area contributed by atoms with E-state index in [1.54, 1.807) is 0 Å². The van der Waals surface area contributed by atoms with Gasteiger partial charge in [-0.2, -0.15) is 0 Å². The number of nitrogens with zero attached hydrogens (tertiary/aromatic N) is 1. The maximum absolute atomic E-state index is 5.96. The van der Waals surface area contributed by atoms with Crippen molar-refractivity contribution in [2.45, 2.75) is 38.8 Å². The largest absolute Gasteiger partial charge is 0.377 e. The summed E-state index contributed by atoms with van der Waals surface area (Å²) in [5.41, 5.74) is 7.30. The van der Waals surface area contributed by atoms with Gasteiger partial charge in [0.05, 0.1) is 12.7 Å². The molecule has 2 unspecified atom stereocenters. The van der Waals surface area contributed by atoms with Crippen molar-refractivity contribution in [2.24, 2.45) is 5.73 Å². The average molecular weight is 264 g/mol. The summed E-state index contributed by atoms with van der Waals surface area (Å²) in [6.45, 7) is 8.70. The lowest BCUT2D eigenvalue weighted by Crippen LogP contribution is -2.43. The van der Waals surface area contributed by atoms with Crippen molar-refractivity contribution >= 4 is 0 Å². The molecule has 1 rings (SSSR count). The Morgan fingerprint density at radius 1 is 1.16 bits per heavy atom. The molecule has 108 valence electrons. The summed E-state index contributed by atoms with van der Waals surface area (Å²) in [6, 6.07) is 10.9. The van der Waals surface area contributed by atoms with Crippen molar-refractivity contribution < 1.29 is 4.74 Å². The number of hydrogen-bond donors (Lipinski definition) is 1. The molecule has 0 amide bonds. The Balaban J connectivity index is 2.56. The van der Waals surface area contributed by atoms with Crippen LogP contribution in [0.4, 0.5) is 0 Å². The van der Waals surface area contributed by atoms with Crippen LogP contribution in [-0.2, 0) is 4.74 Å². The van der Waals surface area contributed by atoms with Gasteiger partial charge in [-0.15, -0.1) is 0 Å². The van der Waals surface area contributed by atoms with E-state index in [-0.39, 0.29) is 6.10 Å². The first-order chi connectivity index (χ1) is 9.06. The highest BCUT2D eigenvalue weighted by Gasteiger charge is 2.21. The maximum atomic E-state index is 5.96. The minimum atomic E-state index is 0.288. The summed E-state index contributed by atoms with van der Waals surface area (Å²) in [6.07, 6.45) is 0.288. The first kappa shape index (κ1) is 16.2. The molecule has 19 heavy (non-hydrogen) atoms. The minimum Gasteiger partial charge on any atom is -0.377 e. The molecule has 0 aliphatic rings. The molecule has 3 nitrogen and oxygen atoms in total. The highest BCUT2D eigenvalue weighted by molar-refractivity contribution is 5.20. The van der Waals surface area contributed by atoms with Crippen LogP contribution in [-0.4, -0.2) is 43.8 Å². The summed E-state index contributed by atoms with van der Waals surface area (Å²) in [5.74, 6) is 0.426. The summed E-state index contributed by atoms with van der Waals surface area (Å²) in [4.78, 5) is 2.31. The lowest BCUT2D eigenvalue weighted by atomic mass is 9.92. The summed E-state index contributed by atoms with van der Waals surface area (Å²) in [5, 5.41) is 0. The standard InChI is InChI=1S/C16H28N2O/c1-13(2)19-11-10-18(4)16(12-17)14(3)15-8-6-5-7-9-15/h5-9,13-14,16H,10-12,17H2,1-4H3. The number of hydrogen-bond acceptors (Lipinski definition) is 3. The molecule has 2 N–H and O–H groups in total. The van der Waals surface area contributed by atoms with E-state index in [2.05, 4.69) is 57.0 Å². The SMILES string of the molecule is CC(C)OCCN(C)C(CN)C(C)c1ccccc1. The van der Waals surface area contributed by atoms with Gasteiger partial charge in [-0.1, -0.05) is 37.3 Å². The lowest BCUT2D eigenvalue weighted by Gasteiger charge is -2.32. The van der Waals surface area contributed by atoms with E-state index in [0.29, 0.717) is 18.5 Å². The summed E-state index contributed by atoms with van der Waals surface area (Å²) in [7, 11) is 2.13. The van der Waals surface area contributed by atoms with Crippen molar-refractivity contribution in [1.29, 1.82) is 0 Å². The van der Waals surface area contributed by atoms with Crippen LogP contribution in [0.25, 0.3) is 0 Å². The van der Waals surface area contributed by atoms with Crippen LogP contribution >= 0.6 is 0 Å². The van der Waals surface area contributed by atoms with Gasteiger partial charge in [-0.05, 0) is 32.4 Å². The monoisotopic (exact) mass is 264 g/mol. The molecule has 0 aromatic heterocycles. The van der Waals surface area contributed by atoms with E-state index in [4.69, 9.17) is 10.5 Å². The van der Waals surface area contributed by atoms with Crippen LogP contribution in [0.2, 0.25) is 0 Å². The fraction of sp³-hybridized carbons (Fsp3) is 0.625. The van der Waals surface area contributed by atoms with Crippen LogP contribution in [0.15, 0.2) is 30.3 Å². The van der Waals surface area contributed by atoms with Crippen LogP contribution in [0.3, 0.4) is 0 Å². The Bertz CT molecular complexity index is 340. The van der Waals surface area contributed by atoms with Crippen LogP contribution in [0.1, 0.15) is 32.3 Å². The Labute approximate surface area is 117 Å². The quantitative estimate of drug-likeness (QED) is 0.784. The van der Waals surface area contributed by atoms with Crippen molar-refractivity contribution in [1.82, 2.24) is 4.90 Å². The van der Waals surface area contributed by atoms with Crippen LogP contribution in [0.5, 0.6) is 0 Å². The molecule has 0 aliphatic heterocycles. The molecule has 1 aromatic rings. The van der Waals surface area contributed by atoms with E-state index in [1.165, 1.54) is 5.56 Å². The molecule has 1 aromatic carbocycles. The number of rotatable bonds is 8. The molecule has 0 fully saturated rings. The Morgan fingerprint density at radius 2 is 1.79 bits per heavy atom. The number of benzene rings is 1. The molecule has 0 bridgehead atoms. The van der Waals surface area contributed by atoms with Gasteiger partial charge in [0.2, 0.25) is 0 Å². The summed E-state index contributed by atoms with van der Waals surface area (Å²) >= 11 is 0. The molecule has 0 saturated heterocycles. The van der Waals surface area contributed by atoms with Gasteiger partial charge in [0.1, 0.15) is 0 Å². The average Bonchev–Trinajstić information content (AvgIpc) is 2.40. The zero-order valence-electron chi connectivity index (χ0n) is 12.7. The topological polar surface area (TPSA) is 38.5 Å². The second-order valence-corrected chi connectivity index (χ2v) is 5.40. The van der Waals surface area contributed by atoms with Crippen LogP contribution in [0, 0.1) is 0 Å². The first-order valence-corrected chi connectivity index (χ1v) is 7.13. The lowest BCUT2D eigenvalue weighted by molar-refractivity contribution is 0.0543. The van der Waals surface area contributed by atoms with Gasteiger partial charge in [0.15, 0.2) is 0 Å². The third-order valence-corrected chi connectivity index (χ3v) is 3.61. The van der Waals surface area contributed by atoms with E-state index < -0.39 is 0 Å². The van der Waals surface area contributed by atoms with Crippen molar-refractivity contribution in [3.63, 3.8) is 0 Å². The Kier molecular flexibility index (Phi) is 7.06. The molecule has 3 heteroatoms. The fourth-order valence-corrected chi connectivity index (χ4v) is 2.34. The number of nitrogens with two attached hydrogens (primary N) is 1. The van der Waals surface area contributed by atoms with Gasteiger partial charge in [-0.25, -0.2) is 0 Å². The third-order valence-electron chi connectivity index (χ3n) is 3.61. The van der Waals surface area contributed by atoms with Crippen molar-refractivity contribution in [3.8, 4) is 0 Å². The van der Waals surface area contributed by atoms with Gasteiger partial charge >= 0.3 is 0 Å². The zero-order chi connectivity index (χ0) is 14.3. The molecule has 0 spiro atoms. The Morgan fingerprint density at radius 3 is 2.32 bits per heavy atom. The first-order valence-electron chi connectivity index (χ1n) is 7.13. The Hall–Kier alpha value is -0.900. The molecular weight excluding hydrogens is 236 g/mol. The molecular formula is C16H28N2O. The predicted octanol–water partition coefficient (Wildman–Crippen LogP) is 2.47. The second-order valence-electron chi connectivity index (χ2n) is 5.40. The van der Waals surface area contributed by atoms with Gasteiger partial charge in [-0.3, -0.25) is 4.90 Å². The normalized spacial score (nSPS) is 14.9. The van der Waals surface area contributed by atoms with Gasteiger partial charge in [0, 0.05) is 19.1 Å². The number of ether oxygens (including phenoxy) is 1. The molecule has 0 aliphatic carbocycles. The highest BCUT2D eigenvalue weighted by atomic mass is 16.5. The minimum absolute atomic E-state index is 0.288. The number of likely N-dealkylation sites (N-methyl/N-ethyl adjacent to an activating group) is 1. The third kappa shape index (κ3) is 5.31. The maximum Gasteiger partial charge on any atom is 0.0596 e. The fourth-order valence-electron chi connectivity index (χ4n) is 2.34. The second kappa shape index (κ2) is 8.31. The van der Waals surface area contributed by atoms with Crippen LogP contribution < -0.4 is 5.73 Å². The predicted molar refractivity (Wildman–Crippen MR) is 81.4 cm³/mol. The van der Waals surface area contributed by atoms with E-state index in [1.807, 2.05) is 6.07 Å². The molecule has 0 radical (unpaired) electrons. The smallest absolute Gasteiger partial charge is 0.0596 e. The van der Waals surface area contributed by atoms with E-state index in [0.717, 1.165) is 13.2 Å². The summed E-state index contributed by atoms with van der Waals surface area (Å²) < 4.78 is 5.61.